The molecule has 6 heteroatoms. The summed E-state index contributed by atoms with van der Waals surface area (Å²) in [4.78, 5) is 19.5. The van der Waals surface area contributed by atoms with Crippen molar-refractivity contribution in [2.75, 3.05) is 26.3 Å². The standard InChI is InChI=1S/C24H29N3O3/c1-3-29-22-10-9-19(15-23(22)30-4-2)24(28)26-13-11-18(12-14-26)16-27-17-25-20-7-5-6-8-21(20)27/h5-10,15,17-18H,3-4,11-14,16H2,1-2H3. The molecule has 2 heterocycles. The lowest BCUT2D eigenvalue weighted by Gasteiger charge is -2.32. The van der Waals surface area contributed by atoms with E-state index in [1.807, 2.05) is 49.3 Å². The normalized spacial score (nSPS) is 14.8. The predicted octanol–water partition coefficient (Wildman–Crippen LogP) is 4.39. The van der Waals surface area contributed by atoms with Crippen molar-refractivity contribution >= 4 is 16.9 Å². The van der Waals surface area contributed by atoms with Gasteiger partial charge in [-0.3, -0.25) is 4.79 Å². The molecule has 1 aromatic heterocycles. The number of hydrogen-bond donors (Lipinski definition) is 0. The van der Waals surface area contributed by atoms with Crippen LogP contribution in [-0.2, 0) is 6.54 Å². The van der Waals surface area contributed by atoms with Crippen molar-refractivity contribution in [2.24, 2.45) is 5.92 Å². The summed E-state index contributed by atoms with van der Waals surface area (Å²) in [6.07, 6.45) is 3.92. The Balaban J connectivity index is 1.39. The van der Waals surface area contributed by atoms with Gasteiger partial charge in [0.15, 0.2) is 11.5 Å². The average molecular weight is 408 g/mol. The number of rotatable bonds is 7. The van der Waals surface area contributed by atoms with Crippen LogP contribution in [0, 0.1) is 5.92 Å². The largest absolute Gasteiger partial charge is 0.490 e. The van der Waals surface area contributed by atoms with Crippen LogP contribution >= 0.6 is 0 Å². The summed E-state index contributed by atoms with van der Waals surface area (Å²) in [5, 5.41) is 0. The number of likely N-dealkylation sites (tertiary alicyclic amines) is 1. The van der Waals surface area contributed by atoms with Crippen LogP contribution in [0.4, 0.5) is 0 Å². The van der Waals surface area contributed by atoms with E-state index in [4.69, 9.17) is 9.47 Å². The Morgan fingerprint density at radius 1 is 1.03 bits per heavy atom. The Labute approximate surface area is 177 Å². The number of para-hydroxylation sites is 2. The lowest BCUT2D eigenvalue weighted by atomic mass is 9.96. The number of carbonyl (C=O) groups is 1. The van der Waals surface area contributed by atoms with E-state index >= 15 is 0 Å². The van der Waals surface area contributed by atoms with Gasteiger partial charge in [0.2, 0.25) is 0 Å². The molecule has 0 atom stereocenters. The zero-order valence-electron chi connectivity index (χ0n) is 17.7. The molecule has 0 radical (unpaired) electrons. The lowest BCUT2D eigenvalue weighted by molar-refractivity contribution is 0.0683. The van der Waals surface area contributed by atoms with Crippen molar-refractivity contribution < 1.29 is 14.3 Å². The fourth-order valence-corrected chi connectivity index (χ4v) is 4.12. The Bertz CT molecular complexity index is 1010. The molecule has 0 bridgehead atoms. The van der Waals surface area contributed by atoms with Crippen LogP contribution in [0.2, 0.25) is 0 Å². The van der Waals surface area contributed by atoms with Crippen LogP contribution in [0.1, 0.15) is 37.0 Å². The Hall–Kier alpha value is -3.02. The van der Waals surface area contributed by atoms with Gasteiger partial charge >= 0.3 is 0 Å². The second kappa shape index (κ2) is 9.20. The molecule has 1 fully saturated rings. The number of ether oxygens (including phenoxy) is 2. The highest BCUT2D eigenvalue weighted by molar-refractivity contribution is 5.95. The molecule has 1 amide bonds. The number of aromatic nitrogens is 2. The van der Waals surface area contributed by atoms with Crippen LogP contribution in [0.25, 0.3) is 11.0 Å². The molecule has 2 aromatic carbocycles. The smallest absolute Gasteiger partial charge is 0.253 e. The zero-order valence-corrected chi connectivity index (χ0v) is 17.7. The second-order valence-corrected chi connectivity index (χ2v) is 7.65. The molecule has 4 rings (SSSR count). The fraction of sp³-hybridized carbons (Fsp3) is 0.417. The van der Waals surface area contributed by atoms with Gasteiger partial charge in [-0.1, -0.05) is 12.1 Å². The molecule has 0 saturated carbocycles. The van der Waals surface area contributed by atoms with E-state index in [-0.39, 0.29) is 5.91 Å². The van der Waals surface area contributed by atoms with Gasteiger partial charge in [-0.15, -0.1) is 0 Å². The Kier molecular flexibility index (Phi) is 6.21. The molecule has 1 aliphatic rings. The quantitative estimate of drug-likeness (QED) is 0.583. The number of amides is 1. The van der Waals surface area contributed by atoms with Gasteiger partial charge in [0.1, 0.15) is 0 Å². The van der Waals surface area contributed by atoms with Crippen molar-refractivity contribution in [1.82, 2.24) is 14.5 Å². The van der Waals surface area contributed by atoms with Crippen molar-refractivity contribution in [2.45, 2.75) is 33.2 Å². The van der Waals surface area contributed by atoms with Crippen LogP contribution in [0.3, 0.4) is 0 Å². The summed E-state index contributed by atoms with van der Waals surface area (Å²) in [6.45, 7) is 7.45. The van der Waals surface area contributed by atoms with E-state index in [1.54, 1.807) is 6.07 Å². The Morgan fingerprint density at radius 2 is 1.77 bits per heavy atom. The summed E-state index contributed by atoms with van der Waals surface area (Å²) in [5.41, 5.74) is 2.86. The van der Waals surface area contributed by atoms with E-state index in [9.17, 15) is 4.79 Å². The van der Waals surface area contributed by atoms with Crippen molar-refractivity contribution in [3.63, 3.8) is 0 Å². The number of carbonyl (C=O) groups excluding carboxylic acids is 1. The van der Waals surface area contributed by atoms with Gasteiger partial charge in [-0.2, -0.15) is 0 Å². The highest BCUT2D eigenvalue weighted by atomic mass is 16.5. The summed E-state index contributed by atoms with van der Waals surface area (Å²) in [5.74, 6) is 1.92. The lowest BCUT2D eigenvalue weighted by Crippen LogP contribution is -2.39. The molecule has 3 aromatic rings. The summed E-state index contributed by atoms with van der Waals surface area (Å²) >= 11 is 0. The monoisotopic (exact) mass is 407 g/mol. The first-order valence-corrected chi connectivity index (χ1v) is 10.8. The van der Waals surface area contributed by atoms with Gasteiger partial charge in [0.05, 0.1) is 30.6 Å². The number of piperidine rings is 1. The highest BCUT2D eigenvalue weighted by Gasteiger charge is 2.25. The van der Waals surface area contributed by atoms with E-state index in [2.05, 4.69) is 21.7 Å². The van der Waals surface area contributed by atoms with Gasteiger partial charge in [0.25, 0.3) is 5.91 Å². The first kappa shape index (κ1) is 20.3. The van der Waals surface area contributed by atoms with E-state index < -0.39 is 0 Å². The molecule has 6 nitrogen and oxygen atoms in total. The fourth-order valence-electron chi connectivity index (χ4n) is 4.12. The number of nitrogens with zero attached hydrogens (tertiary/aromatic N) is 3. The number of imidazole rings is 1. The minimum Gasteiger partial charge on any atom is -0.490 e. The maximum absolute atomic E-state index is 13.0. The van der Waals surface area contributed by atoms with Gasteiger partial charge in [-0.05, 0) is 62.9 Å². The molecule has 0 unspecified atom stereocenters. The third kappa shape index (κ3) is 4.27. The topological polar surface area (TPSA) is 56.6 Å². The molecular weight excluding hydrogens is 378 g/mol. The van der Waals surface area contributed by atoms with Crippen LogP contribution in [0.5, 0.6) is 11.5 Å². The molecule has 1 aliphatic heterocycles. The van der Waals surface area contributed by atoms with Crippen LogP contribution in [0.15, 0.2) is 48.8 Å². The SMILES string of the molecule is CCOc1ccc(C(=O)N2CCC(Cn3cnc4ccccc43)CC2)cc1OCC. The third-order valence-corrected chi connectivity index (χ3v) is 5.67. The molecule has 30 heavy (non-hydrogen) atoms. The third-order valence-electron chi connectivity index (χ3n) is 5.67. The first-order chi connectivity index (χ1) is 14.7. The predicted molar refractivity (Wildman–Crippen MR) is 117 cm³/mol. The zero-order chi connectivity index (χ0) is 20.9. The van der Waals surface area contributed by atoms with E-state index in [0.717, 1.165) is 38.0 Å². The summed E-state index contributed by atoms with van der Waals surface area (Å²) in [6, 6.07) is 13.7. The van der Waals surface area contributed by atoms with E-state index in [0.29, 0.717) is 36.2 Å². The molecule has 158 valence electrons. The maximum Gasteiger partial charge on any atom is 0.253 e. The number of benzene rings is 2. The van der Waals surface area contributed by atoms with Crippen molar-refractivity contribution in [3.8, 4) is 11.5 Å². The number of hydrogen-bond acceptors (Lipinski definition) is 4. The maximum atomic E-state index is 13.0. The Morgan fingerprint density at radius 3 is 2.53 bits per heavy atom. The summed E-state index contributed by atoms with van der Waals surface area (Å²) in [7, 11) is 0. The minimum atomic E-state index is 0.0607. The van der Waals surface area contributed by atoms with Crippen molar-refractivity contribution in [3.05, 3.63) is 54.4 Å². The second-order valence-electron chi connectivity index (χ2n) is 7.65. The molecule has 0 N–H and O–H groups in total. The van der Waals surface area contributed by atoms with Gasteiger partial charge in [-0.25, -0.2) is 4.98 Å². The summed E-state index contributed by atoms with van der Waals surface area (Å²) < 4.78 is 13.5. The highest BCUT2D eigenvalue weighted by Crippen LogP contribution is 2.30. The van der Waals surface area contributed by atoms with Crippen molar-refractivity contribution in [1.29, 1.82) is 0 Å². The van der Waals surface area contributed by atoms with Gasteiger partial charge < -0.3 is 18.9 Å². The number of fused-ring (bicyclic) bond motifs is 1. The molecular formula is C24H29N3O3. The van der Waals surface area contributed by atoms with Crippen LogP contribution < -0.4 is 9.47 Å². The minimum absolute atomic E-state index is 0.0607. The van der Waals surface area contributed by atoms with Crippen LogP contribution in [-0.4, -0.2) is 46.7 Å². The average Bonchev–Trinajstić information content (AvgIpc) is 3.18. The molecule has 0 aliphatic carbocycles. The van der Waals surface area contributed by atoms with Gasteiger partial charge in [0, 0.05) is 25.2 Å². The molecule has 0 spiro atoms. The van der Waals surface area contributed by atoms with E-state index in [1.165, 1.54) is 5.52 Å². The molecule has 1 saturated heterocycles. The first-order valence-electron chi connectivity index (χ1n) is 10.8.